The van der Waals surface area contributed by atoms with Gasteiger partial charge in [-0.2, -0.15) is 0 Å². The lowest BCUT2D eigenvalue weighted by Crippen LogP contribution is -2.28. The Morgan fingerprint density at radius 1 is 1.05 bits per heavy atom. The van der Waals surface area contributed by atoms with Gasteiger partial charge < -0.3 is 10.6 Å². The quantitative estimate of drug-likeness (QED) is 0.936. The van der Waals surface area contributed by atoms with Gasteiger partial charge in [0.1, 0.15) is 0 Å². The van der Waals surface area contributed by atoms with E-state index in [0.29, 0.717) is 6.54 Å². The van der Waals surface area contributed by atoms with Crippen molar-refractivity contribution in [3.05, 3.63) is 54.6 Å². The van der Waals surface area contributed by atoms with Crippen LogP contribution in [0.3, 0.4) is 0 Å². The van der Waals surface area contributed by atoms with Crippen LogP contribution in [0, 0.1) is 5.92 Å². The number of hydrogen-bond acceptors (Lipinski definition) is 2. The molecule has 0 saturated carbocycles. The minimum Gasteiger partial charge on any atom is -0.369 e. The Hall–Kier alpha value is -2.62. The lowest BCUT2D eigenvalue weighted by Gasteiger charge is -2.17. The van der Waals surface area contributed by atoms with Gasteiger partial charge in [-0.3, -0.25) is 9.59 Å². The Morgan fingerprint density at radius 3 is 2.43 bits per heavy atom. The SMILES string of the molecule is NC(=O)C1CC(=O)N(c2cccc(-c3ccccc3)c2)C1. The number of anilines is 1. The number of hydrogen-bond donors (Lipinski definition) is 1. The van der Waals surface area contributed by atoms with Crippen LogP contribution in [0.4, 0.5) is 5.69 Å². The smallest absolute Gasteiger partial charge is 0.227 e. The molecule has 21 heavy (non-hydrogen) atoms. The molecule has 0 radical (unpaired) electrons. The van der Waals surface area contributed by atoms with Gasteiger partial charge in [0.25, 0.3) is 0 Å². The third-order valence-electron chi connectivity index (χ3n) is 3.79. The van der Waals surface area contributed by atoms with Crippen LogP contribution in [-0.2, 0) is 9.59 Å². The summed E-state index contributed by atoms with van der Waals surface area (Å²) >= 11 is 0. The molecule has 2 N–H and O–H groups in total. The predicted octanol–water partition coefficient (Wildman–Crippen LogP) is 2.19. The zero-order valence-corrected chi connectivity index (χ0v) is 11.5. The van der Waals surface area contributed by atoms with Crippen molar-refractivity contribution >= 4 is 17.5 Å². The molecule has 0 spiro atoms. The Bertz CT molecular complexity index is 682. The van der Waals surface area contributed by atoms with Crippen molar-refractivity contribution in [1.82, 2.24) is 0 Å². The van der Waals surface area contributed by atoms with Gasteiger partial charge in [0.15, 0.2) is 0 Å². The van der Waals surface area contributed by atoms with Gasteiger partial charge in [-0.25, -0.2) is 0 Å². The number of nitrogens with zero attached hydrogens (tertiary/aromatic N) is 1. The number of amides is 2. The van der Waals surface area contributed by atoms with Crippen LogP contribution < -0.4 is 10.6 Å². The van der Waals surface area contributed by atoms with E-state index in [2.05, 4.69) is 0 Å². The molecule has 4 nitrogen and oxygen atoms in total. The van der Waals surface area contributed by atoms with Gasteiger partial charge in [-0.1, -0.05) is 42.5 Å². The van der Waals surface area contributed by atoms with E-state index in [1.165, 1.54) is 0 Å². The highest BCUT2D eigenvalue weighted by atomic mass is 16.2. The summed E-state index contributed by atoms with van der Waals surface area (Å²) in [5, 5.41) is 0. The number of nitrogens with two attached hydrogens (primary N) is 1. The van der Waals surface area contributed by atoms with Crippen molar-refractivity contribution in [1.29, 1.82) is 0 Å². The molecule has 1 heterocycles. The molecule has 0 bridgehead atoms. The normalized spacial score (nSPS) is 18.0. The highest BCUT2D eigenvalue weighted by Crippen LogP contribution is 2.29. The summed E-state index contributed by atoms with van der Waals surface area (Å²) in [6.07, 6.45) is 0.199. The molecular weight excluding hydrogens is 264 g/mol. The van der Waals surface area contributed by atoms with Gasteiger partial charge >= 0.3 is 0 Å². The summed E-state index contributed by atoms with van der Waals surface area (Å²) in [5.41, 5.74) is 8.25. The van der Waals surface area contributed by atoms with Gasteiger partial charge in [0.2, 0.25) is 11.8 Å². The fourth-order valence-electron chi connectivity index (χ4n) is 2.63. The predicted molar refractivity (Wildman–Crippen MR) is 81.5 cm³/mol. The van der Waals surface area contributed by atoms with Crippen molar-refractivity contribution in [2.24, 2.45) is 11.7 Å². The zero-order chi connectivity index (χ0) is 14.8. The number of primary amides is 1. The minimum absolute atomic E-state index is 0.0518. The average molecular weight is 280 g/mol. The maximum absolute atomic E-state index is 12.1. The molecule has 1 fully saturated rings. The van der Waals surface area contributed by atoms with Crippen molar-refractivity contribution in [3.63, 3.8) is 0 Å². The second-order valence-corrected chi connectivity index (χ2v) is 5.22. The second kappa shape index (κ2) is 5.40. The summed E-state index contributed by atoms with van der Waals surface area (Å²) in [5.74, 6) is -0.855. The number of carbonyl (C=O) groups is 2. The van der Waals surface area contributed by atoms with E-state index in [9.17, 15) is 9.59 Å². The largest absolute Gasteiger partial charge is 0.369 e. The lowest BCUT2D eigenvalue weighted by molar-refractivity contribution is -0.123. The van der Waals surface area contributed by atoms with Crippen LogP contribution in [-0.4, -0.2) is 18.4 Å². The van der Waals surface area contributed by atoms with Gasteiger partial charge in [0, 0.05) is 18.7 Å². The van der Waals surface area contributed by atoms with Crippen molar-refractivity contribution in [2.45, 2.75) is 6.42 Å². The van der Waals surface area contributed by atoms with Crippen molar-refractivity contribution in [3.8, 4) is 11.1 Å². The summed E-state index contributed by atoms with van der Waals surface area (Å²) in [4.78, 5) is 25.0. The van der Waals surface area contributed by atoms with Crippen LogP contribution in [0.5, 0.6) is 0 Å². The molecule has 1 aliphatic heterocycles. The van der Waals surface area contributed by atoms with E-state index in [0.717, 1.165) is 16.8 Å². The molecule has 1 atom stereocenters. The molecule has 1 unspecified atom stereocenters. The summed E-state index contributed by atoms with van der Waals surface area (Å²) in [7, 11) is 0. The standard InChI is InChI=1S/C17H16N2O2/c18-17(21)14-10-16(20)19(11-14)15-8-4-7-13(9-15)12-5-2-1-3-6-12/h1-9,14H,10-11H2,(H2,18,21). The van der Waals surface area contributed by atoms with E-state index < -0.39 is 11.8 Å². The number of benzene rings is 2. The van der Waals surface area contributed by atoms with Crippen molar-refractivity contribution in [2.75, 3.05) is 11.4 Å². The molecule has 0 aliphatic carbocycles. The number of carbonyl (C=O) groups excluding carboxylic acids is 2. The van der Waals surface area contributed by atoms with E-state index in [1.54, 1.807) is 4.90 Å². The van der Waals surface area contributed by atoms with Gasteiger partial charge in [0.05, 0.1) is 5.92 Å². The highest BCUT2D eigenvalue weighted by molar-refractivity contribution is 6.00. The maximum atomic E-state index is 12.1. The first-order chi connectivity index (χ1) is 10.1. The summed E-state index contributed by atoms with van der Waals surface area (Å²) in [6, 6.07) is 17.7. The van der Waals surface area contributed by atoms with Gasteiger partial charge in [-0.15, -0.1) is 0 Å². The van der Waals surface area contributed by atoms with Gasteiger partial charge in [-0.05, 0) is 23.3 Å². The summed E-state index contributed by atoms with van der Waals surface area (Å²) < 4.78 is 0. The minimum atomic E-state index is -0.412. The Morgan fingerprint density at radius 2 is 1.76 bits per heavy atom. The molecule has 106 valence electrons. The van der Waals surface area contributed by atoms with E-state index in [4.69, 9.17) is 5.73 Å². The first kappa shape index (κ1) is 13.4. The van der Waals surface area contributed by atoms with Crippen molar-refractivity contribution < 1.29 is 9.59 Å². The fourth-order valence-corrected chi connectivity index (χ4v) is 2.63. The topological polar surface area (TPSA) is 63.4 Å². The molecular formula is C17H16N2O2. The van der Waals surface area contributed by atoms with Crippen LogP contribution >= 0.6 is 0 Å². The molecule has 3 rings (SSSR count). The van der Waals surface area contributed by atoms with Crippen LogP contribution in [0.2, 0.25) is 0 Å². The lowest BCUT2D eigenvalue weighted by atomic mass is 10.1. The molecule has 4 heteroatoms. The van der Waals surface area contributed by atoms with Crippen LogP contribution in [0.25, 0.3) is 11.1 Å². The first-order valence-corrected chi connectivity index (χ1v) is 6.90. The second-order valence-electron chi connectivity index (χ2n) is 5.22. The Kier molecular flexibility index (Phi) is 3.44. The monoisotopic (exact) mass is 280 g/mol. The zero-order valence-electron chi connectivity index (χ0n) is 11.5. The Balaban J connectivity index is 1.90. The molecule has 2 aromatic rings. The number of rotatable bonds is 3. The van der Waals surface area contributed by atoms with E-state index in [-0.39, 0.29) is 12.3 Å². The average Bonchev–Trinajstić information content (AvgIpc) is 2.91. The fraction of sp³-hybridized carbons (Fsp3) is 0.176. The molecule has 2 aromatic carbocycles. The Labute approximate surface area is 123 Å². The molecule has 2 amide bonds. The first-order valence-electron chi connectivity index (χ1n) is 6.90. The third-order valence-corrected chi connectivity index (χ3v) is 3.79. The van der Waals surface area contributed by atoms with Crippen LogP contribution in [0.1, 0.15) is 6.42 Å². The van der Waals surface area contributed by atoms with Crippen LogP contribution in [0.15, 0.2) is 54.6 Å². The third kappa shape index (κ3) is 2.65. The highest BCUT2D eigenvalue weighted by Gasteiger charge is 2.33. The molecule has 1 aliphatic rings. The summed E-state index contributed by atoms with van der Waals surface area (Å²) in [6.45, 7) is 0.367. The molecule has 0 aromatic heterocycles. The maximum Gasteiger partial charge on any atom is 0.227 e. The van der Waals surface area contributed by atoms with E-state index >= 15 is 0 Å². The van der Waals surface area contributed by atoms with E-state index in [1.807, 2.05) is 54.6 Å². The molecule has 1 saturated heterocycles.